The molecule has 2 aromatic rings. The van der Waals surface area contributed by atoms with Crippen molar-refractivity contribution < 1.29 is 19.1 Å². The Morgan fingerprint density at radius 3 is 2.36 bits per heavy atom. The summed E-state index contributed by atoms with van der Waals surface area (Å²) in [6.07, 6.45) is 3.20. The van der Waals surface area contributed by atoms with Crippen LogP contribution in [0.3, 0.4) is 0 Å². The molecule has 28 heavy (non-hydrogen) atoms. The fourth-order valence-corrected chi connectivity index (χ4v) is 3.34. The summed E-state index contributed by atoms with van der Waals surface area (Å²) >= 11 is 0. The SMILES string of the molecule is O=C(NCC1CCCO1)C1(C(=O)Nc2ccc(Oc3ccccc3)cc2)CC1. The Morgan fingerprint density at radius 2 is 1.71 bits per heavy atom. The van der Waals surface area contributed by atoms with Crippen molar-refractivity contribution in [3.63, 3.8) is 0 Å². The molecule has 2 aromatic carbocycles. The molecule has 0 bridgehead atoms. The minimum absolute atomic E-state index is 0.0694. The summed E-state index contributed by atoms with van der Waals surface area (Å²) in [5.41, 5.74) is -0.304. The van der Waals surface area contributed by atoms with Gasteiger partial charge in [0.25, 0.3) is 0 Å². The second-order valence-corrected chi connectivity index (χ2v) is 7.32. The number of para-hydroxylation sites is 1. The third-order valence-electron chi connectivity index (χ3n) is 5.22. The standard InChI is InChI=1S/C22H24N2O4/c25-20(23-15-19-7-4-14-27-19)22(12-13-22)21(26)24-16-8-10-18(11-9-16)28-17-5-2-1-3-6-17/h1-3,5-6,8-11,19H,4,7,12-15H2,(H,23,25)(H,24,26). The molecule has 0 radical (unpaired) electrons. The fraction of sp³-hybridized carbons (Fsp3) is 0.364. The van der Waals surface area contributed by atoms with Crippen molar-refractivity contribution >= 4 is 17.5 Å². The molecule has 146 valence electrons. The van der Waals surface area contributed by atoms with E-state index in [-0.39, 0.29) is 17.9 Å². The molecule has 1 atom stereocenters. The van der Waals surface area contributed by atoms with E-state index in [4.69, 9.17) is 9.47 Å². The molecule has 1 heterocycles. The van der Waals surface area contributed by atoms with Crippen molar-refractivity contribution in [1.29, 1.82) is 0 Å². The van der Waals surface area contributed by atoms with Crippen LogP contribution in [-0.2, 0) is 14.3 Å². The number of carbonyl (C=O) groups excluding carboxylic acids is 2. The van der Waals surface area contributed by atoms with E-state index < -0.39 is 5.41 Å². The van der Waals surface area contributed by atoms with Crippen LogP contribution in [0.2, 0.25) is 0 Å². The molecule has 0 aromatic heterocycles. The van der Waals surface area contributed by atoms with E-state index in [1.54, 1.807) is 24.3 Å². The van der Waals surface area contributed by atoms with Crippen molar-refractivity contribution in [1.82, 2.24) is 5.32 Å². The van der Waals surface area contributed by atoms with Gasteiger partial charge in [-0.25, -0.2) is 0 Å². The average molecular weight is 380 g/mol. The van der Waals surface area contributed by atoms with Gasteiger partial charge in [0.15, 0.2) is 0 Å². The largest absolute Gasteiger partial charge is 0.457 e. The highest BCUT2D eigenvalue weighted by atomic mass is 16.5. The number of nitrogens with one attached hydrogen (secondary N) is 2. The predicted octanol–water partition coefficient (Wildman–Crippen LogP) is 3.49. The Labute approximate surface area is 164 Å². The maximum Gasteiger partial charge on any atom is 0.240 e. The quantitative estimate of drug-likeness (QED) is 0.721. The molecule has 1 aliphatic heterocycles. The van der Waals surface area contributed by atoms with Crippen molar-refractivity contribution in [3.05, 3.63) is 54.6 Å². The summed E-state index contributed by atoms with van der Waals surface area (Å²) in [5.74, 6) is 0.970. The number of hydrogen-bond donors (Lipinski definition) is 2. The normalized spacial score (nSPS) is 19.6. The van der Waals surface area contributed by atoms with Gasteiger partial charge in [-0.05, 0) is 62.1 Å². The van der Waals surface area contributed by atoms with E-state index in [9.17, 15) is 9.59 Å². The molecule has 2 N–H and O–H groups in total. The van der Waals surface area contributed by atoms with Gasteiger partial charge < -0.3 is 20.1 Å². The number of amides is 2. The van der Waals surface area contributed by atoms with Gasteiger partial charge >= 0.3 is 0 Å². The van der Waals surface area contributed by atoms with Gasteiger partial charge in [-0.2, -0.15) is 0 Å². The Hall–Kier alpha value is -2.86. The topological polar surface area (TPSA) is 76.7 Å². The van der Waals surface area contributed by atoms with Crippen LogP contribution in [0.25, 0.3) is 0 Å². The van der Waals surface area contributed by atoms with Crippen LogP contribution < -0.4 is 15.4 Å². The lowest BCUT2D eigenvalue weighted by atomic mass is 10.0. The highest BCUT2D eigenvalue weighted by Gasteiger charge is 2.56. The van der Waals surface area contributed by atoms with Crippen molar-refractivity contribution in [2.75, 3.05) is 18.5 Å². The smallest absolute Gasteiger partial charge is 0.240 e. The van der Waals surface area contributed by atoms with Crippen LogP contribution in [0, 0.1) is 5.41 Å². The lowest BCUT2D eigenvalue weighted by Crippen LogP contribution is -2.42. The van der Waals surface area contributed by atoms with E-state index in [2.05, 4.69) is 10.6 Å². The first-order valence-electron chi connectivity index (χ1n) is 9.70. The zero-order chi connectivity index (χ0) is 19.4. The predicted molar refractivity (Wildman–Crippen MR) is 105 cm³/mol. The summed E-state index contributed by atoms with van der Waals surface area (Å²) in [6.45, 7) is 1.22. The molecular weight excluding hydrogens is 356 g/mol. The zero-order valence-corrected chi connectivity index (χ0v) is 15.6. The van der Waals surface area contributed by atoms with Crippen LogP contribution in [0.1, 0.15) is 25.7 Å². The Kier molecular flexibility index (Phi) is 5.30. The molecule has 1 saturated heterocycles. The first kappa shape index (κ1) is 18.5. The van der Waals surface area contributed by atoms with Crippen LogP contribution >= 0.6 is 0 Å². The summed E-state index contributed by atoms with van der Waals surface area (Å²) in [7, 11) is 0. The molecule has 6 heteroatoms. The minimum atomic E-state index is -0.947. The van der Waals surface area contributed by atoms with Gasteiger partial charge in [0.1, 0.15) is 16.9 Å². The van der Waals surface area contributed by atoms with Crippen molar-refractivity contribution in [2.24, 2.45) is 5.41 Å². The maximum atomic E-state index is 12.7. The van der Waals surface area contributed by atoms with E-state index in [0.717, 1.165) is 25.2 Å². The van der Waals surface area contributed by atoms with Crippen LogP contribution in [0.5, 0.6) is 11.5 Å². The molecule has 2 aliphatic rings. The van der Waals surface area contributed by atoms with Gasteiger partial charge in [-0.15, -0.1) is 0 Å². The average Bonchev–Trinajstić information content (AvgIpc) is 3.37. The molecule has 0 spiro atoms. The van der Waals surface area contributed by atoms with E-state index >= 15 is 0 Å². The van der Waals surface area contributed by atoms with Gasteiger partial charge in [-0.1, -0.05) is 18.2 Å². The van der Waals surface area contributed by atoms with E-state index in [1.807, 2.05) is 30.3 Å². The summed E-state index contributed by atoms with van der Waals surface area (Å²) in [6, 6.07) is 16.6. The highest BCUT2D eigenvalue weighted by molar-refractivity contribution is 6.13. The molecular formula is C22H24N2O4. The number of anilines is 1. The molecule has 1 unspecified atom stereocenters. The fourth-order valence-electron chi connectivity index (χ4n) is 3.34. The molecule has 1 aliphatic carbocycles. The zero-order valence-electron chi connectivity index (χ0n) is 15.6. The van der Waals surface area contributed by atoms with Gasteiger partial charge in [0.2, 0.25) is 11.8 Å². The molecule has 6 nitrogen and oxygen atoms in total. The van der Waals surface area contributed by atoms with E-state index in [1.165, 1.54) is 0 Å². The lowest BCUT2D eigenvalue weighted by molar-refractivity contribution is -0.134. The highest BCUT2D eigenvalue weighted by Crippen LogP contribution is 2.47. The van der Waals surface area contributed by atoms with Crippen LogP contribution in [-0.4, -0.2) is 31.1 Å². The summed E-state index contributed by atoms with van der Waals surface area (Å²) in [5, 5.41) is 5.74. The van der Waals surface area contributed by atoms with Crippen LogP contribution in [0.15, 0.2) is 54.6 Å². The Bertz CT molecular complexity index is 825. The lowest BCUT2D eigenvalue weighted by Gasteiger charge is -2.17. The minimum Gasteiger partial charge on any atom is -0.457 e. The number of hydrogen-bond acceptors (Lipinski definition) is 4. The Balaban J connectivity index is 1.32. The van der Waals surface area contributed by atoms with Crippen molar-refractivity contribution in [3.8, 4) is 11.5 Å². The maximum absolute atomic E-state index is 12.7. The second-order valence-electron chi connectivity index (χ2n) is 7.32. The molecule has 2 amide bonds. The molecule has 1 saturated carbocycles. The Morgan fingerprint density at radius 1 is 1.00 bits per heavy atom. The number of rotatable bonds is 7. The summed E-state index contributed by atoms with van der Waals surface area (Å²) < 4.78 is 11.3. The monoisotopic (exact) mass is 380 g/mol. The number of ether oxygens (including phenoxy) is 2. The number of carbonyl (C=O) groups is 2. The van der Waals surface area contributed by atoms with Crippen LogP contribution in [0.4, 0.5) is 5.69 Å². The van der Waals surface area contributed by atoms with Gasteiger partial charge in [0, 0.05) is 18.8 Å². The molecule has 4 rings (SSSR count). The van der Waals surface area contributed by atoms with Crippen molar-refractivity contribution in [2.45, 2.75) is 31.8 Å². The number of benzene rings is 2. The second kappa shape index (κ2) is 8.02. The third kappa shape index (κ3) is 4.17. The third-order valence-corrected chi connectivity index (χ3v) is 5.22. The first-order chi connectivity index (χ1) is 13.7. The van der Waals surface area contributed by atoms with E-state index in [0.29, 0.717) is 30.8 Å². The van der Waals surface area contributed by atoms with Gasteiger partial charge in [0.05, 0.1) is 6.10 Å². The first-order valence-corrected chi connectivity index (χ1v) is 9.70. The summed E-state index contributed by atoms with van der Waals surface area (Å²) in [4.78, 5) is 25.2. The molecule has 2 fully saturated rings. The van der Waals surface area contributed by atoms with Gasteiger partial charge in [-0.3, -0.25) is 9.59 Å².